The number of rotatable bonds is 8. The summed E-state index contributed by atoms with van der Waals surface area (Å²) in [5.74, 6) is 1.45. The van der Waals surface area contributed by atoms with E-state index in [0.29, 0.717) is 24.3 Å². The van der Waals surface area contributed by atoms with Gasteiger partial charge in [-0.25, -0.2) is 19.1 Å². The molecule has 0 aliphatic heterocycles. The molecule has 0 fully saturated rings. The smallest absolute Gasteiger partial charge is 0.277 e. The first-order chi connectivity index (χ1) is 14.0. The predicted octanol–water partition coefficient (Wildman–Crippen LogP) is -1.20. The average molecular weight is 535 g/mol. The molecule has 1 aromatic carbocycles. The van der Waals surface area contributed by atoms with Crippen molar-refractivity contribution >= 4 is 51.1 Å². The molecule has 0 saturated heterocycles. The molecule has 0 aliphatic carbocycles. The van der Waals surface area contributed by atoms with Crippen LogP contribution in [0.2, 0.25) is 0 Å². The quantitative estimate of drug-likeness (QED) is 0.312. The summed E-state index contributed by atoms with van der Waals surface area (Å²) in [6, 6.07) is 5.97. The highest BCUT2D eigenvalue weighted by molar-refractivity contribution is 9.10. The highest BCUT2D eigenvalue weighted by Gasteiger charge is 2.25. The van der Waals surface area contributed by atoms with Crippen molar-refractivity contribution in [2.45, 2.75) is 33.5 Å². The first-order valence-corrected chi connectivity index (χ1v) is 10.2. The van der Waals surface area contributed by atoms with Gasteiger partial charge in [0, 0.05) is 12.6 Å². The van der Waals surface area contributed by atoms with Crippen LogP contribution in [0.5, 0.6) is 5.75 Å². The summed E-state index contributed by atoms with van der Waals surface area (Å²) in [6.07, 6.45) is 1.45. The molecule has 0 atom stereocenters. The number of nitrogens with one attached hydrogen (secondary N) is 1. The average Bonchev–Trinajstić information content (AvgIpc) is 3.03. The lowest BCUT2D eigenvalue weighted by Gasteiger charge is -2.07. The predicted molar refractivity (Wildman–Crippen MR) is 121 cm³/mol. The number of carbonyl (C=O) groups excluding carboxylic acids is 1. The second-order valence-electron chi connectivity index (χ2n) is 6.30. The third-order valence-electron chi connectivity index (χ3n) is 4.56. The van der Waals surface area contributed by atoms with Crippen molar-refractivity contribution in [3.8, 4) is 5.75 Å². The molecule has 3 aromatic rings. The zero-order valence-corrected chi connectivity index (χ0v) is 20.4. The number of amides is 1. The van der Waals surface area contributed by atoms with Gasteiger partial charge in [0.15, 0.2) is 22.5 Å². The van der Waals surface area contributed by atoms with Crippen molar-refractivity contribution in [1.29, 1.82) is 0 Å². The van der Waals surface area contributed by atoms with Crippen molar-refractivity contribution in [3.05, 3.63) is 40.5 Å². The first-order valence-electron chi connectivity index (χ1n) is 9.44. The van der Waals surface area contributed by atoms with Crippen molar-refractivity contribution in [1.82, 2.24) is 19.9 Å². The van der Waals surface area contributed by atoms with Crippen LogP contribution in [0.1, 0.15) is 30.2 Å². The maximum atomic E-state index is 12.6. The van der Waals surface area contributed by atoms with Crippen LogP contribution in [0.4, 0.5) is 5.82 Å². The van der Waals surface area contributed by atoms with Gasteiger partial charge in [-0.05, 0) is 41.9 Å². The number of aryl methyl sites for hydroxylation is 2. The second-order valence-corrected chi connectivity index (χ2v) is 7.11. The van der Waals surface area contributed by atoms with Crippen molar-refractivity contribution < 1.29 is 26.5 Å². The minimum absolute atomic E-state index is 0. The van der Waals surface area contributed by atoms with Crippen LogP contribution in [0, 0.1) is 0 Å². The number of anilines is 1. The van der Waals surface area contributed by atoms with Gasteiger partial charge in [-0.1, -0.05) is 0 Å². The van der Waals surface area contributed by atoms with E-state index in [2.05, 4.69) is 54.2 Å². The Labute approximate surface area is 201 Å². The number of aromatic nitrogens is 4. The number of hydrogen-bond acceptors (Lipinski definition) is 6. The van der Waals surface area contributed by atoms with Crippen LogP contribution < -0.4 is 38.5 Å². The van der Waals surface area contributed by atoms with E-state index in [1.165, 1.54) is 6.20 Å². The summed E-state index contributed by atoms with van der Waals surface area (Å²) in [5, 5.41) is 2.91. The van der Waals surface area contributed by atoms with Crippen LogP contribution in [-0.4, -0.2) is 33.6 Å². The lowest BCUT2D eigenvalue weighted by atomic mass is 10.3. The molecule has 0 spiro atoms. The van der Waals surface area contributed by atoms with Crippen molar-refractivity contribution in [2.75, 3.05) is 18.9 Å². The molecule has 1 amide bonds. The molecule has 31 heavy (non-hydrogen) atoms. The van der Waals surface area contributed by atoms with Crippen molar-refractivity contribution in [2.24, 2.45) is 5.73 Å². The standard InChI is InChI=1S/C19H24BrN7O2.2ClH/c1-3-26-13-6-5-12(29-8-7-21)9-14(13)27(4-2)16(26)11-24-19(28)17-18(22)23-10-15(20)25-17;;/h5-6,9-10H,3-4,7-8,11,21H2,1-2H3,(H2-,22,23,24,28);2*1H. The summed E-state index contributed by atoms with van der Waals surface area (Å²) in [4.78, 5) is 20.7. The van der Waals surface area contributed by atoms with Gasteiger partial charge in [0.2, 0.25) is 0 Å². The summed E-state index contributed by atoms with van der Waals surface area (Å²) in [6.45, 7) is 6.88. The zero-order chi connectivity index (χ0) is 21.0. The van der Waals surface area contributed by atoms with Gasteiger partial charge in [0.25, 0.3) is 11.7 Å². The highest BCUT2D eigenvalue weighted by Crippen LogP contribution is 2.21. The van der Waals surface area contributed by atoms with Crippen LogP contribution >= 0.6 is 28.3 Å². The van der Waals surface area contributed by atoms with Gasteiger partial charge < -0.3 is 33.9 Å². The van der Waals surface area contributed by atoms with Gasteiger partial charge in [-0.3, -0.25) is 4.79 Å². The molecule has 2 aromatic heterocycles. The molecule has 0 saturated carbocycles. The molecule has 0 unspecified atom stereocenters. The Hall–Kier alpha value is -2.14. The molecule has 2 heterocycles. The highest BCUT2D eigenvalue weighted by atomic mass is 79.9. The number of halogens is 3. The van der Waals surface area contributed by atoms with E-state index in [-0.39, 0.29) is 42.2 Å². The molecule has 0 radical (unpaired) electrons. The maximum absolute atomic E-state index is 12.6. The molecule has 12 heteroatoms. The Morgan fingerprint density at radius 1 is 1.35 bits per heavy atom. The second kappa shape index (κ2) is 12.0. The van der Waals surface area contributed by atoms with E-state index in [0.717, 1.165) is 35.7 Å². The van der Waals surface area contributed by atoms with E-state index in [9.17, 15) is 4.79 Å². The Bertz CT molecular complexity index is 1050. The van der Waals surface area contributed by atoms with E-state index in [4.69, 9.17) is 16.2 Å². The summed E-state index contributed by atoms with van der Waals surface area (Å²) < 4.78 is 10.5. The van der Waals surface area contributed by atoms with E-state index >= 15 is 0 Å². The number of nitrogen functional groups attached to an aromatic ring is 1. The first kappa shape index (κ1) is 26.9. The van der Waals surface area contributed by atoms with Crippen LogP contribution in [0.15, 0.2) is 29.0 Å². The normalized spacial score (nSPS) is 10.3. The van der Waals surface area contributed by atoms with Gasteiger partial charge in [0.1, 0.15) is 23.5 Å². The van der Waals surface area contributed by atoms with Gasteiger partial charge in [-0.15, -0.1) is 12.4 Å². The van der Waals surface area contributed by atoms with E-state index in [1.807, 2.05) is 18.2 Å². The fourth-order valence-electron chi connectivity index (χ4n) is 3.32. The maximum Gasteiger partial charge on any atom is 0.277 e. The van der Waals surface area contributed by atoms with Crippen molar-refractivity contribution in [3.63, 3.8) is 0 Å². The van der Waals surface area contributed by atoms with Gasteiger partial charge >= 0.3 is 0 Å². The Balaban J connectivity index is 0.00000240. The lowest BCUT2D eigenvalue weighted by Crippen LogP contribution is -3.00. The Kier molecular flexibility index (Phi) is 10.4. The topological polar surface area (TPSA) is 125 Å². The summed E-state index contributed by atoms with van der Waals surface area (Å²) in [5.41, 5.74) is 13.5. The molecule has 3 rings (SSSR count). The fourth-order valence-corrected chi connectivity index (χ4v) is 3.60. The zero-order valence-electron chi connectivity index (χ0n) is 17.3. The Morgan fingerprint density at radius 2 is 2.10 bits per heavy atom. The molecular weight excluding hydrogens is 509 g/mol. The van der Waals surface area contributed by atoms with E-state index in [1.54, 1.807) is 0 Å². The summed E-state index contributed by atoms with van der Waals surface area (Å²) in [7, 11) is 0. The molecular formula is C19H26BrCl2N7O2. The number of hydrogen-bond donors (Lipinski definition) is 3. The van der Waals surface area contributed by atoms with Crippen LogP contribution in [-0.2, 0) is 19.6 Å². The largest absolute Gasteiger partial charge is 1.00 e. The monoisotopic (exact) mass is 533 g/mol. The minimum atomic E-state index is -0.376. The van der Waals surface area contributed by atoms with Gasteiger partial charge in [-0.2, -0.15) is 0 Å². The SMILES string of the molecule is CCn1c(CNC(=O)c2nc(Br)cnc2N)[n+](CC)c2ccc(OCCN)cc21.Cl.[Cl-]. The number of fused-ring (bicyclic) bond motifs is 1. The number of ether oxygens (including phenoxy) is 1. The fraction of sp³-hybridized carbons (Fsp3) is 0.368. The number of benzene rings is 1. The molecule has 0 aliphatic rings. The number of imidazole rings is 1. The molecule has 5 N–H and O–H groups in total. The summed E-state index contributed by atoms with van der Waals surface area (Å²) >= 11 is 3.22. The number of carbonyl (C=O) groups is 1. The van der Waals surface area contributed by atoms with Crippen LogP contribution in [0.25, 0.3) is 11.0 Å². The van der Waals surface area contributed by atoms with E-state index < -0.39 is 0 Å². The number of nitrogens with zero attached hydrogens (tertiary/aromatic N) is 4. The number of nitrogens with two attached hydrogens (primary N) is 2. The molecule has 0 bridgehead atoms. The third kappa shape index (κ3) is 5.76. The minimum Gasteiger partial charge on any atom is -1.00 e. The molecule has 9 nitrogen and oxygen atoms in total. The molecule has 170 valence electrons. The third-order valence-corrected chi connectivity index (χ3v) is 4.95. The Morgan fingerprint density at radius 3 is 2.74 bits per heavy atom. The van der Waals surface area contributed by atoms with Crippen LogP contribution in [0.3, 0.4) is 0 Å². The van der Waals surface area contributed by atoms with Gasteiger partial charge in [0.05, 0.1) is 19.3 Å². The lowest BCUT2D eigenvalue weighted by molar-refractivity contribution is -0.676.